The maximum absolute atomic E-state index is 13.4. The molecule has 0 fully saturated rings. The average molecular weight is 670 g/mol. The molecule has 258 valence electrons. The second-order valence-electron chi connectivity index (χ2n) is 10.5. The first-order valence-corrected chi connectivity index (χ1v) is 14.8. The summed E-state index contributed by atoms with van der Waals surface area (Å²) in [5.41, 5.74) is 11.7. The number of nitrogens with zero attached hydrogens (tertiary/aromatic N) is 1. The molecule has 0 heterocycles. The van der Waals surface area contributed by atoms with Crippen LogP contribution >= 0.6 is 0 Å². The van der Waals surface area contributed by atoms with Gasteiger partial charge in [0.05, 0.1) is 0 Å². The third kappa shape index (κ3) is 14.5. The third-order valence-corrected chi connectivity index (χ3v) is 6.66. The van der Waals surface area contributed by atoms with Gasteiger partial charge in [-0.3, -0.25) is 0 Å². The number of guanidine groups is 1. The number of carboxylic acids is 3. The Morgan fingerprint density at radius 3 is 1.92 bits per heavy atom. The van der Waals surface area contributed by atoms with E-state index in [0.29, 0.717) is 11.1 Å². The molecule has 4 atom stereocenters. The summed E-state index contributed by atoms with van der Waals surface area (Å²) in [5.74, 6) is -9.01. The number of carbonyl (C=O) groups excluding carboxylic acids is 2. The minimum absolute atomic E-state index is 0.0579. The Morgan fingerprint density at radius 1 is 0.812 bits per heavy atom. The van der Waals surface area contributed by atoms with Crippen LogP contribution in [0.2, 0.25) is 0 Å². The predicted octanol–water partition coefficient (Wildman–Crippen LogP) is -0.513. The molecule has 0 saturated heterocycles. The summed E-state index contributed by atoms with van der Waals surface area (Å²) < 4.78 is 24.0. The molecular weight excluding hydrogens is 631 g/mol. The van der Waals surface area contributed by atoms with Crippen LogP contribution in [0.4, 0.5) is 0 Å². The summed E-state index contributed by atoms with van der Waals surface area (Å²) >= 11 is 0. The number of hydrogen-bond acceptors (Lipinski definition) is 11. The number of nitrogens with two attached hydrogens (primary N) is 2. The van der Waals surface area contributed by atoms with Crippen molar-refractivity contribution in [3.8, 4) is 0 Å². The molecule has 0 saturated carbocycles. The Hall–Kier alpha value is -5.20. The van der Waals surface area contributed by atoms with E-state index >= 15 is 0 Å². The van der Waals surface area contributed by atoms with E-state index in [0.717, 1.165) is 0 Å². The van der Waals surface area contributed by atoms with Crippen LogP contribution in [0.5, 0.6) is 0 Å². The van der Waals surface area contributed by atoms with Gasteiger partial charge in [0.1, 0.15) is 0 Å². The van der Waals surface area contributed by atoms with E-state index in [9.17, 15) is 44.0 Å². The average Bonchev–Trinajstić information content (AvgIpc) is 3.05. The van der Waals surface area contributed by atoms with Gasteiger partial charge in [-0.15, -0.1) is 0 Å². The molecule has 0 aliphatic heterocycles. The monoisotopic (exact) mass is 670 g/mol. The van der Waals surface area contributed by atoms with E-state index in [1.807, 2.05) is 0 Å². The van der Waals surface area contributed by atoms with Gasteiger partial charge in [-0.25, -0.2) is 0 Å². The SMILES string of the molecule is NC(N)=NCCC[C@H](NC(=O)[C@H](CC(=O)O)NC(B=O)(N[C@@H](CCC(=O)O)C(=O)OCc1ccccc1)OCc1ccccc1)C(=O)O. The number of carbonyl (C=O) groups is 5. The van der Waals surface area contributed by atoms with Crippen LogP contribution in [0.25, 0.3) is 0 Å². The van der Waals surface area contributed by atoms with Gasteiger partial charge in [0.2, 0.25) is 0 Å². The number of rotatable bonds is 23. The fourth-order valence-electron chi connectivity index (χ4n) is 4.28. The third-order valence-electron chi connectivity index (χ3n) is 6.66. The Balaban J connectivity index is 2.42. The van der Waals surface area contributed by atoms with Gasteiger partial charge in [0, 0.05) is 0 Å². The zero-order chi connectivity index (χ0) is 35.5. The Labute approximate surface area is 276 Å². The number of hydrogen-bond donors (Lipinski definition) is 8. The molecule has 2 aromatic rings. The van der Waals surface area contributed by atoms with Crippen molar-refractivity contribution in [2.24, 2.45) is 16.5 Å². The molecule has 48 heavy (non-hydrogen) atoms. The van der Waals surface area contributed by atoms with E-state index < -0.39 is 72.9 Å². The van der Waals surface area contributed by atoms with E-state index in [2.05, 4.69) is 20.9 Å². The first kappa shape index (κ1) is 39.0. The van der Waals surface area contributed by atoms with Gasteiger partial charge < -0.3 is 0 Å². The van der Waals surface area contributed by atoms with Gasteiger partial charge in [-0.05, 0) is 0 Å². The van der Waals surface area contributed by atoms with Gasteiger partial charge in [-0.2, -0.15) is 0 Å². The van der Waals surface area contributed by atoms with Gasteiger partial charge in [0.15, 0.2) is 0 Å². The molecule has 0 aromatic heterocycles. The van der Waals surface area contributed by atoms with Crippen molar-refractivity contribution in [3.05, 3.63) is 71.8 Å². The molecule has 0 aliphatic rings. The molecule has 2 aromatic carbocycles. The standard InChI is InChI=1S/C30H39BN6O11/c32-29(33)34-15-7-12-21(27(43)44)35-26(42)23(16-25(40)41)37-30(31-46,48-18-20-10-5-2-6-11-20)36-22(13-14-24(38)39)28(45)47-17-19-8-3-1-4-9-19/h1-6,8-11,21-23,36-37H,7,12-18H2,(H,35,42)(H,38,39)(H,40,41)(H,43,44)(H4,32,33,34)/t21-,22-,23-,30?/m0/s1. The first-order valence-electron chi connectivity index (χ1n) is 14.8. The molecule has 18 heteroatoms. The van der Waals surface area contributed by atoms with Crippen LogP contribution in [0.3, 0.4) is 0 Å². The second-order valence-corrected chi connectivity index (χ2v) is 10.5. The summed E-state index contributed by atoms with van der Waals surface area (Å²) in [4.78, 5) is 65.5. The van der Waals surface area contributed by atoms with E-state index in [1.165, 1.54) is 0 Å². The number of benzene rings is 2. The van der Waals surface area contributed by atoms with Crippen molar-refractivity contribution >= 4 is 42.9 Å². The number of aliphatic carboxylic acids is 3. The fraction of sp³-hybridized carbons (Fsp3) is 0.400. The van der Waals surface area contributed by atoms with Gasteiger partial charge in [-0.1, -0.05) is 0 Å². The molecule has 1 unspecified atom stereocenters. The Kier molecular flexibility index (Phi) is 16.3. The van der Waals surface area contributed by atoms with Gasteiger partial charge in [0.25, 0.3) is 0 Å². The number of carboxylic acid groups (broad SMARTS) is 3. The van der Waals surface area contributed by atoms with Crippen molar-refractivity contribution in [1.29, 1.82) is 0 Å². The molecular formula is C30H39BN6O11. The van der Waals surface area contributed by atoms with E-state index in [4.69, 9.17) is 20.9 Å². The number of ether oxygens (including phenoxy) is 2. The molecule has 0 bridgehead atoms. The molecule has 0 radical (unpaired) electrons. The summed E-state index contributed by atoms with van der Waals surface area (Å²) in [6, 6.07) is 12.1. The predicted molar refractivity (Wildman–Crippen MR) is 169 cm³/mol. The number of nitrogens with one attached hydrogen (secondary N) is 3. The van der Waals surface area contributed by atoms with E-state index in [1.54, 1.807) is 60.7 Å². The Bertz CT molecular complexity index is 1410. The van der Waals surface area contributed by atoms with Gasteiger partial charge >= 0.3 is 276 Å². The molecule has 2 rings (SSSR count). The normalized spacial score (nSPS) is 13.8. The zero-order valence-corrected chi connectivity index (χ0v) is 25.9. The van der Waals surface area contributed by atoms with Crippen LogP contribution in [0.1, 0.15) is 43.2 Å². The topological polar surface area (TPSA) is 282 Å². The molecule has 0 spiro atoms. The maximum atomic E-state index is 13.4. The number of amides is 1. The van der Waals surface area contributed by atoms with Crippen LogP contribution in [-0.4, -0.2) is 88.6 Å². The number of esters is 1. The summed E-state index contributed by atoms with van der Waals surface area (Å²) in [7, 11) is 0.139. The summed E-state index contributed by atoms with van der Waals surface area (Å²) in [5, 5.41) is 35.9. The van der Waals surface area contributed by atoms with Crippen LogP contribution in [0.15, 0.2) is 65.7 Å². The Morgan fingerprint density at radius 2 is 1.40 bits per heavy atom. The van der Waals surface area contributed by atoms with Crippen LogP contribution < -0.4 is 27.4 Å². The molecule has 10 N–H and O–H groups in total. The van der Waals surface area contributed by atoms with Crippen LogP contribution in [0, 0.1) is 0 Å². The van der Waals surface area contributed by atoms with Crippen molar-refractivity contribution in [3.63, 3.8) is 0 Å². The molecule has 1 amide bonds. The quantitative estimate of drug-likeness (QED) is 0.0184. The fourth-order valence-corrected chi connectivity index (χ4v) is 4.28. The summed E-state index contributed by atoms with van der Waals surface area (Å²) in [6.07, 6.45) is -1.91. The van der Waals surface area contributed by atoms with Crippen molar-refractivity contribution < 1.29 is 53.5 Å². The first-order chi connectivity index (χ1) is 22.8. The number of aliphatic imine (C=N–C) groups is 1. The molecule has 17 nitrogen and oxygen atoms in total. The minimum atomic E-state index is -2.49. The van der Waals surface area contributed by atoms with Crippen molar-refractivity contribution in [2.45, 2.75) is 69.2 Å². The summed E-state index contributed by atoms with van der Waals surface area (Å²) in [6.45, 7) is -0.447. The molecule has 0 aliphatic carbocycles. The zero-order valence-electron chi connectivity index (χ0n) is 25.9. The van der Waals surface area contributed by atoms with Crippen molar-refractivity contribution in [2.75, 3.05) is 6.54 Å². The second kappa shape index (κ2) is 20.1. The van der Waals surface area contributed by atoms with E-state index in [-0.39, 0.29) is 45.7 Å². The van der Waals surface area contributed by atoms with Crippen LogP contribution in [-0.2, 0) is 51.4 Å². The van der Waals surface area contributed by atoms with Crippen molar-refractivity contribution in [1.82, 2.24) is 16.0 Å².